The highest BCUT2D eigenvalue weighted by molar-refractivity contribution is 5.76. The van der Waals surface area contributed by atoms with Crippen molar-refractivity contribution in [2.45, 2.75) is 52.5 Å². The van der Waals surface area contributed by atoms with Crippen molar-refractivity contribution >= 4 is 17.4 Å². The van der Waals surface area contributed by atoms with Crippen molar-refractivity contribution in [1.29, 1.82) is 0 Å². The van der Waals surface area contributed by atoms with Crippen LogP contribution in [0.15, 0.2) is 12.3 Å². The molecule has 1 amide bonds. The van der Waals surface area contributed by atoms with E-state index in [-0.39, 0.29) is 11.9 Å². The summed E-state index contributed by atoms with van der Waals surface area (Å²) in [4.78, 5) is 21.0. The molecular weight excluding hydrogens is 302 g/mol. The van der Waals surface area contributed by atoms with Crippen molar-refractivity contribution in [3.05, 3.63) is 23.5 Å². The third-order valence-electron chi connectivity index (χ3n) is 4.92. The fraction of sp³-hybridized carbons (Fsp3) is 0.611. The number of aryl methyl sites for hydroxylation is 1. The van der Waals surface area contributed by atoms with E-state index in [2.05, 4.69) is 18.7 Å². The fourth-order valence-electron chi connectivity index (χ4n) is 3.54. The van der Waals surface area contributed by atoms with Crippen molar-refractivity contribution in [1.82, 2.24) is 19.5 Å². The van der Waals surface area contributed by atoms with Crippen molar-refractivity contribution < 1.29 is 4.79 Å². The Bertz CT molecular complexity index is 732. The van der Waals surface area contributed by atoms with Gasteiger partial charge in [-0.1, -0.05) is 13.8 Å². The van der Waals surface area contributed by atoms with E-state index in [0.29, 0.717) is 6.42 Å². The van der Waals surface area contributed by atoms with Gasteiger partial charge in [0.25, 0.3) is 0 Å². The molecule has 0 aliphatic carbocycles. The third-order valence-corrected chi connectivity index (χ3v) is 4.92. The molecule has 0 saturated carbocycles. The van der Waals surface area contributed by atoms with Gasteiger partial charge < -0.3 is 9.80 Å². The third kappa shape index (κ3) is 2.97. The van der Waals surface area contributed by atoms with Gasteiger partial charge in [-0.15, -0.1) is 0 Å². The minimum absolute atomic E-state index is 0.00491. The van der Waals surface area contributed by atoms with Gasteiger partial charge in [-0.25, -0.2) is 9.50 Å². The number of anilines is 1. The molecule has 3 rings (SSSR count). The first-order chi connectivity index (χ1) is 11.5. The van der Waals surface area contributed by atoms with E-state index in [1.807, 2.05) is 30.8 Å². The zero-order valence-electron chi connectivity index (χ0n) is 15.1. The van der Waals surface area contributed by atoms with Crippen LogP contribution in [0.3, 0.4) is 0 Å². The lowest BCUT2D eigenvalue weighted by Gasteiger charge is -2.25. The number of hydrogen-bond donors (Lipinski definition) is 0. The van der Waals surface area contributed by atoms with E-state index in [0.717, 1.165) is 42.2 Å². The lowest BCUT2D eigenvalue weighted by atomic mass is 10.1. The SMILES string of the molecule is CCC(=O)N(C)[C@@H](CC)c1cc2nc(N3CCCC3)c(C)cn2n1. The van der Waals surface area contributed by atoms with Crippen molar-refractivity contribution in [2.24, 2.45) is 0 Å². The van der Waals surface area contributed by atoms with Crippen LogP contribution in [0.2, 0.25) is 0 Å². The molecule has 0 radical (unpaired) electrons. The molecule has 1 aliphatic heterocycles. The highest BCUT2D eigenvalue weighted by Crippen LogP contribution is 2.26. The molecule has 0 spiro atoms. The Morgan fingerprint density at radius 3 is 2.67 bits per heavy atom. The quantitative estimate of drug-likeness (QED) is 0.846. The fourth-order valence-corrected chi connectivity index (χ4v) is 3.54. The molecule has 1 fully saturated rings. The van der Waals surface area contributed by atoms with Gasteiger partial charge in [-0.3, -0.25) is 4.79 Å². The summed E-state index contributed by atoms with van der Waals surface area (Å²) in [5.74, 6) is 1.21. The molecule has 2 aromatic rings. The Balaban J connectivity index is 1.96. The van der Waals surface area contributed by atoms with E-state index in [9.17, 15) is 4.79 Å². The summed E-state index contributed by atoms with van der Waals surface area (Å²) in [6, 6.07) is 2.02. The molecule has 1 atom stereocenters. The standard InChI is InChI=1S/C18H27N5O/c1-5-15(21(4)17(24)6-2)14-11-16-19-18(22-9-7-8-10-22)13(3)12-23(16)20-14/h11-12,15H,5-10H2,1-4H3/t15-/m0/s1. The Morgan fingerprint density at radius 2 is 2.04 bits per heavy atom. The van der Waals surface area contributed by atoms with E-state index < -0.39 is 0 Å². The molecule has 2 aromatic heterocycles. The van der Waals surface area contributed by atoms with Gasteiger partial charge in [0, 0.05) is 44.4 Å². The van der Waals surface area contributed by atoms with Crippen LogP contribution in [0.4, 0.5) is 5.82 Å². The van der Waals surface area contributed by atoms with Gasteiger partial charge in [0.1, 0.15) is 5.82 Å². The normalized spacial score (nSPS) is 15.9. The maximum absolute atomic E-state index is 12.1. The lowest BCUT2D eigenvalue weighted by Crippen LogP contribution is -2.30. The highest BCUT2D eigenvalue weighted by atomic mass is 16.2. The Kier molecular flexibility index (Phi) is 4.73. The minimum atomic E-state index is -0.00491. The molecule has 1 aliphatic rings. The van der Waals surface area contributed by atoms with Gasteiger partial charge in [0.15, 0.2) is 5.65 Å². The maximum Gasteiger partial charge on any atom is 0.222 e. The van der Waals surface area contributed by atoms with Crippen molar-refractivity contribution in [2.75, 3.05) is 25.0 Å². The highest BCUT2D eigenvalue weighted by Gasteiger charge is 2.23. The second kappa shape index (κ2) is 6.79. The number of aromatic nitrogens is 3. The second-order valence-corrected chi connectivity index (χ2v) is 6.60. The van der Waals surface area contributed by atoms with E-state index >= 15 is 0 Å². The number of rotatable bonds is 5. The molecule has 0 N–H and O–H groups in total. The number of carbonyl (C=O) groups excluding carboxylic acids is 1. The average Bonchev–Trinajstić information content (AvgIpc) is 3.23. The van der Waals surface area contributed by atoms with Gasteiger partial charge >= 0.3 is 0 Å². The summed E-state index contributed by atoms with van der Waals surface area (Å²) in [5.41, 5.74) is 2.91. The lowest BCUT2D eigenvalue weighted by molar-refractivity contribution is -0.131. The average molecular weight is 329 g/mol. The van der Waals surface area contributed by atoms with Gasteiger partial charge in [-0.2, -0.15) is 5.10 Å². The molecule has 1 saturated heterocycles. The monoisotopic (exact) mass is 329 g/mol. The summed E-state index contributed by atoms with van der Waals surface area (Å²) >= 11 is 0. The van der Waals surface area contributed by atoms with Crippen molar-refractivity contribution in [3.63, 3.8) is 0 Å². The minimum Gasteiger partial charge on any atom is -0.356 e. The Hall–Kier alpha value is -2.11. The molecule has 6 heteroatoms. The summed E-state index contributed by atoms with van der Waals surface area (Å²) in [7, 11) is 1.86. The first kappa shape index (κ1) is 16.7. The number of carbonyl (C=O) groups is 1. The largest absolute Gasteiger partial charge is 0.356 e. The van der Waals surface area contributed by atoms with Crippen LogP contribution in [0.25, 0.3) is 5.65 Å². The number of amides is 1. The first-order valence-corrected chi connectivity index (χ1v) is 8.92. The molecular formula is C18H27N5O. The number of fused-ring (bicyclic) bond motifs is 1. The van der Waals surface area contributed by atoms with Crippen LogP contribution in [-0.4, -0.2) is 45.5 Å². The van der Waals surface area contributed by atoms with Gasteiger partial charge in [0.2, 0.25) is 5.91 Å². The van der Waals surface area contributed by atoms with Crippen LogP contribution in [-0.2, 0) is 4.79 Å². The Labute approximate surface area is 143 Å². The molecule has 0 unspecified atom stereocenters. The van der Waals surface area contributed by atoms with E-state index in [1.165, 1.54) is 12.8 Å². The molecule has 130 valence electrons. The molecule has 24 heavy (non-hydrogen) atoms. The summed E-state index contributed by atoms with van der Waals surface area (Å²) in [6.45, 7) is 8.23. The number of hydrogen-bond acceptors (Lipinski definition) is 4. The first-order valence-electron chi connectivity index (χ1n) is 8.92. The Morgan fingerprint density at radius 1 is 1.33 bits per heavy atom. The topological polar surface area (TPSA) is 53.7 Å². The molecule has 3 heterocycles. The van der Waals surface area contributed by atoms with E-state index in [4.69, 9.17) is 10.1 Å². The second-order valence-electron chi connectivity index (χ2n) is 6.60. The van der Waals surface area contributed by atoms with Crippen molar-refractivity contribution in [3.8, 4) is 0 Å². The number of nitrogens with zero attached hydrogens (tertiary/aromatic N) is 5. The zero-order valence-corrected chi connectivity index (χ0v) is 15.1. The van der Waals surface area contributed by atoms with E-state index in [1.54, 1.807) is 4.90 Å². The van der Waals surface area contributed by atoms with Crippen LogP contribution < -0.4 is 4.90 Å². The molecule has 0 aromatic carbocycles. The summed E-state index contributed by atoms with van der Waals surface area (Å²) in [5, 5.41) is 4.69. The predicted octanol–water partition coefficient (Wildman–Crippen LogP) is 2.96. The zero-order chi connectivity index (χ0) is 17.3. The van der Waals surface area contributed by atoms with Crippen LogP contribution in [0.5, 0.6) is 0 Å². The predicted molar refractivity (Wildman–Crippen MR) is 95.3 cm³/mol. The van der Waals surface area contributed by atoms with Crippen LogP contribution in [0.1, 0.15) is 56.8 Å². The summed E-state index contributed by atoms with van der Waals surface area (Å²) in [6.07, 6.45) is 5.87. The maximum atomic E-state index is 12.1. The molecule has 6 nitrogen and oxygen atoms in total. The van der Waals surface area contributed by atoms with Crippen LogP contribution >= 0.6 is 0 Å². The van der Waals surface area contributed by atoms with Gasteiger partial charge in [-0.05, 0) is 26.2 Å². The smallest absolute Gasteiger partial charge is 0.222 e. The van der Waals surface area contributed by atoms with Gasteiger partial charge in [0.05, 0.1) is 11.7 Å². The molecule has 0 bridgehead atoms. The summed E-state index contributed by atoms with van der Waals surface area (Å²) < 4.78 is 1.84. The van der Waals surface area contributed by atoms with Crippen LogP contribution in [0, 0.1) is 6.92 Å².